The fourth-order valence-corrected chi connectivity index (χ4v) is 3.00. The Balaban J connectivity index is 1.58. The fourth-order valence-electron chi connectivity index (χ4n) is 2.33. The van der Waals surface area contributed by atoms with Crippen LogP contribution < -0.4 is 5.32 Å². The smallest absolute Gasteiger partial charge is 0.0299 e. The highest BCUT2D eigenvalue weighted by Gasteiger charge is 2.14. The molecular formula is C13H22N2S. The van der Waals surface area contributed by atoms with Crippen LogP contribution in [0.1, 0.15) is 24.6 Å². The summed E-state index contributed by atoms with van der Waals surface area (Å²) in [5.74, 6) is 0.762. The predicted molar refractivity (Wildman–Crippen MR) is 70.9 cm³/mol. The van der Waals surface area contributed by atoms with Gasteiger partial charge in [-0.25, -0.2) is 0 Å². The van der Waals surface area contributed by atoms with Gasteiger partial charge in [0.05, 0.1) is 0 Å². The summed E-state index contributed by atoms with van der Waals surface area (Å²) in [4.78, 5) is 4.03. The molecule has 1 atom stereocenters. The maximum Gasteiger partial charge on any atom is 0.0299 e. The molecule has 2 rings (SSSR count). The molecule has 1 fully saturated rings. The summed E-state index contributed by atoms with van der Waals surface area (Å²) in [6, 6.07) is 4.32. The molecule has 0 saturated carbocycles. The van der Waals surface area contributed by atoms with Gasteiger partial charge in [0.1, 0.15) is 0 Å². The molecule has 2 heterocycles. The van der Waals surface area contributed by atoms with E-state index in [0.29, 0.717) is 0 Å². The predicted octanol–water partition coefficient (Wildman–Crippen LogP) is 2.57. The Hall–Kier alpha value is -0.380. The molecule has 90 valence electrons. The zero-order chi connectivity index (χ0) is 11.2. The van der Waals surface area contributed by atoms with E-state index in [1.54, 1.807) is 0 Å². The van der Waals surface area contributed by atoms with Gasteiger partial charge in [-0.15, -0.1) is 11.3 Å². The van der Waals surface area contributed by atoms with Crippen LogP contribution >= 0.6 is 11.3 Å². The van der Waals surface area contributed by atoms with Crippen molar-refractivity contribution in [3.8, 4) is 0 Å². The van der Waals surface area contributed by atoms with E-state index in [1.807, 2.05) is 11.3 Å². The van der Waals surface area contributed by atoms with Gasteiger partial charge in [-0.2, -0.15) is 0 Å². The summed E-state index contributed by atoms with van der Waals surface area (Å²) in [6.07, 6.45) is 2.80. The number of hydrogen-bond acceptors (Lipinski definition) is 3. The lowest BCUT2D eigenvalue weighted by molar-refractivity contribution is 0.283. The van der Waals surface area contributed by atoms with Gasteiger partial charge in [0, 0.05) is 18.0 Å². The Labute approximate surface area is 103 Å². The van der Waals surface area contributed by atoms with Crippen molar-refractivity contribution >= 4 is 11.3 Å². The maximum atomic E-state index is 3.55. The molecular weight excluding hydrogens is 216 g/mol. The summed E-state index contributed by atoms with van der Waals surface area (Å²) < 4.78 is 0. The first-order chi connectivity index (χ1) is 7.84. The molecule has 3 heteroatoms. The van der Waals surface area contributed by atoms with Gasteiger partial charge in [-0.3, -0.25) is 0 Å². The van der Waals surface area contributed by atoms with Gasteiger partial charge >= 0.3 is 0 Å². The molecule has 16 heavy (non-hydrogen) atoms. The van der Waals surface area contributed by atoms with E-state index in [1.165, 1.54) is 37.4 Å². The van der Waals surface area contributed by atoms with E-state index in [2.05, 4.69) is 34.7 Å². The number of hydrogen-bond donors (Lipinski definition) is 1. The Kier molecular flexibility index (Phi) is 4.82. The van der Waals surface area contributed by atoms with Crippen molar-refractivity contribution in [1.29, 1.82) is 0 Å². The minimum absolute atomic E-state index is 0.762. The second-order valence-electron chi connectivity index (χ2n) is 4.82. The Morgan fingerprint density at radius 3 is 2.94 bits per heavy atom. The van der Waals surface area contributed by atoms with Crippen molar-refractivity contribution in [2.45, 2.75) is 26.3 Å². The lowest BCUT2D eigenvalue weighted by atomic mass is 10.1. The maximum absolute atomic E-state index is 3.55. The third kappa shape index (κ3) is 3.89. The van der Waals surface area contributed by atoms with Crippen LogP contribution in [0.3, 0.4) is 0 Å². The monoisotopic (exact) mass is 238 g/mol. The molecule has 0 amide bonds. The van der Waals surface area contributed by atoms with Gasteiger partial charge in [-0.05, 0) is 49.8 Å². The first kappa shape index (κ1) is 12.1. The van der Waals surface area contributed by atoms with Crippen molar-refractivity contribution < 1.29 is 0 Å². The average molecular weight is 238 g/mol. The number of rotatable bonds is 6. The third-order valence-electron chi connectivity index (χ3n) is 3.14. The molecule has 1 N–H and O–H groups in total. The van der Waals surface area contributed by atoms with E-state index in [-0.39, 0.29) is 0 Å². The number of thiophene rings is 1. The van der Waals surface area contributed by atoms with Crippen molar-refractivity contribution in [2.75, 3.05) is 26.2 Å². The lowest BCUT2D eigenvalue weighted by Crippen LogP contribution is -2.31. The van der Waals surface area contributed by atoms with Crippen molar-refractivity contribution in [1.82, 2.24) is 10.2 Å². The minimum Gasteiger partial charge on any atom is -0.312 e. The van der Waals surface area contributed by atoms with E-state index in [9.17, 15) is 0 Å². The molecule has 1 aliphatic rings. The van der Waals surface area contributed by atoms with E-state index >= 15 is 0 Å². The SMILES string of the molecule is CC(CNCc1cccs1)CN1CCCC1. The number of likely N-dealkylation sites (tertiary alicyclic amines) is 1. The zero-order valence-corrected chi connectivity index (χ0v) is 10.9. The van der Waals surface area contributed by atoms with Gasteiger partial charge in [0.25, 0.3) is 0 Å². The molecule has 0 aliphatic carbocycles. The Morgan fingerprint density at radius 1 is 1.44 bits per heavy atom. The van der Waals surface area contributed by atoms with Crippen molar-refractivity contribution in [2.24, 2.45) is 5.92 Å². The van der Waals surface area contributed by atoms with Crippen LogP contribution in [-0.4, -0.2) is 31.1 Å². The van der Waals surface area contributed by atoms with Crippen LogP contribution in [-0.2, 0) is 6.54 Å². The third-order valence-corrected chi connectivity index (χ3v) is 4.02. The summed E-state index contributed by atoms with van der Waals surface area (Å²) in [5.41, 5.74) is 0. The van der Waals surface area contributed by atoms with E-state index in [4.69, 9.17) is 0 Å². The molecule has 1 aromatic heterocycles. The average Bonchev–Trinajstić information content (AvgIpc) is 2.90. The van der Waals surface area contributed by atoms with Gasteiger partial charge in [0.15, 0.2) is 0 Å². The molecule has 1 aromatic rings. The van der Waals surface area contributed by atoms with E-state index in [0.717, 1.165) is 19.0 Å². The molecule has 0 aromatic carbocycles. The first-order valence-electron chi connectivity index (χ1n) is 6.30. The van der Waals surface area contributed by atoms with Gasteiger partial charge in [0.2, 0.25) is 0 Å². The molecule has 1 saturated heterocycles. The lowest BCUT2D eigenvalue weighted by Gasteiger charge is -2.20. The summed E-state index contributed by atoms with van der Waals surface area (Å²) in [5, 5.41) is 5.69. The molecule has 1 aliphatic heterocycles. The highest BCUT2D eigenvalue weighted by Crippen LogP contribution is 2.10. The molecule has 0 radical (unpaired) electrons. The summed E-state index contributed by atoms with van der Waals surface area (Å²) >= 11 is 1.83. The molecule has 0 spiro atoms. The fraction of sp³-hybridized carbons (Fsp3) is 0.692. The van der Waals surface area contributed by atoms with Crippen LogP contribution in [0.25, 0.3) is 0 Å². The summed E-state index contributed by atoms with van der Waals surface area (Å²) in [6.45, 7) is 8.40. The number of nitrogens with one attached hydrogen (secondary N) is 1. The largest absolute Gasteiger partial charge is 0.312 e. The van der Waals surface area contributed by atoms with Crippen LogP contribution in [0.4, 0.5) is 0 Å². The first-order valence-corrected chi connectivity index (χ1v) is 7.18. The molecule has 0 bridgehead atoms. The van der Waals surface area contributed by atoms with Crippen molar-refractivity contribution in [3.05, 3.63) is 22.4 Å². The highest BCUT2D eigenvalue weighted by molar-refractivity contribution is 7.09. The Morgan fingerprint density at radius 2 is 2.25 bits per heavy atom. The topological polar surface area (TPSA) is 15.3 Å². The van der Waals surface area contributed by atoms with Crippen LogP contribution in [0.15, 0.2) is 17.5 Å². The Bertz CT molecular complexity index is 278. The van der Waals surface area contributed by atoms with Crippen molar-refractivity contribution in [3.63, 3.8) is 0 Å². The molecule has 1 unspecified atom stereocenters. The highest BCUT2D eigenvalue weighted by atomic mass is 32.1. The number of nitrogens with zero attached hydrogens (tertiary/aromatic N) is 1. The quantitative estimate of drug-likeness (QED) is 0.819. The van der Waals surface area contributed by atoms with Gasteiger partial charge in [-0.1, -0.05) is 13.0 Å². The van der Waals surface area contributed by atoms with Crippen LogP contribution in [0.5, 0.6) is 0 Å². The van der Waals surface area contributed by atoms with Crippen LogP contribution in [0, 0.1) is 5.92 Å². The van der Waals surface area contributed by atoms with Crippen LogP contribution in [0.2, 0.25) is 0 Å². The standard InChI is InChI=1S/C13H22N2S/c1-12(11-15-6-2-3-7-15)9-14-10-13-5-4-8-16-13/h4-5,8,12,14H,2-3,6-7,9-11H2,1H3. The zero-order valence-electron chi connectivity index (χ0n) is 10.1. The second kappa shape index (κ2) is 6.38. The minimum atomic E-state index is 0.762. The summed E-state index contributed by atoms with van der Waals surface area (Å²) in [7, 11) is 0. The van der Waals surface area contributed by atoms with Gasteiger partial charge < -0.3 is 10.2 Å². The van der Waals surface area contributed by atoms with E-state index < -0.39 is 0 Å². The molecule has 2 nitrogen and oxygen atoms in total. The normalized spacial score (nSPS) is 19.1. The second-order valence-corrected chi connectivity index (χ2v) is 5.86.